The normalized spacial score (nSPS) is 22.1. The zero-order chi connectivity index (χ0) is 30.6. The Kier molecular flexibility index (Phi) is 5.75. The molecule has 9 rings (SSSR count). The van der Waals surface area contributed by atoms with Crippen LogP contribution < -0.4 is 15.8 Å². The predicted octanol–water partition coefficient (Wildman–Crippen LogP) is 5.09. The van der Waals surface area contributed by atoms with Crippen molar-refractivity contribution < 1.29 is 14.3 Å². The lowest BCUT2D eigenvalue weighted by molar-refractivity contribution is 0.0700. The smallest absolute Gasteiger partial charge is 0.254 e. The van der Waals surface area contributed by atoms with Gasteiger partial charge in [0.25, 0.3) is 11.8 Å². The van der Waals surface area contributed by atoms with Crippen LogP contribution >= 0.6 is 0 Å². The fourth-order valence-electron chi connectivity index (χ4n) is 8.03. The van der Waals surface area contributed by atoms with Crippen LogP contribution in [-0.4, -0.2) is 56.6 Å². The first-order chi connectivity index (χ1) is 21.9. The van der Waals surface area contributed by atoms with Gasteiger partial charge in [-0.2, -0.15) is 0 Å². The van der Waals surface area contributed by atoms with Crippen LogP contribution in [0.2, 0.25) is 0 Å². The number of benzene rings is 3. The Morgan fingerprint density at radius 1 is 1.04 bits per heavy atom. The third kappa shape index (κ3) is 4.06. The molecule has 0 spiro atoms. The Hall–Kier alpha value is -4.63. The van der Waals surface area contributed by atoms with Crippen molar-refractivity contribution in [1.29, 1.82) is 0 Å². The van der Waals surface area contributed by atoms with Crippen molar-refractivity contribution in [2.24, 2.45) is 24.6 Å². The van der Waals surface area contributed by atoms with Gasteiger partial charge in [0.05, 0.1) is 18.3 Å². The van der Waals surface area contributed by atoms with Crippen LogP contribution in [0, 0.1) is 11.8 Å². The summed E-state index contributed by atoms with van der Waals surface area (Å²) in [5, 5.41) is 4.06. The van der Waals surface area contributed by atoms with E-state index in [0.29, 0.717) is 29.7 Å². The van der Waals surface area contributed by atoms with E-state index in [1.54, 1.807) is 7.11 Å². The van der Waals surface area contributed by atoms with Gasteiger partial charge in [-0.05, 0) is 84.5 Å². The summed E-state index contributed by atoms with van der Waals surface area (Å²) in [7, 11) is 3.67. The number of hydrogen-bond donors (Lipinski definition) is 2. The molecule has 1 saturated heterocycles. The topological polar surface area (TPSA) is 107 Å². The molecule has 2 amide bonds. The second-order valence-corrected chi connectivity index (χ2v) is 13.4. The number of carbonyl (C=O) groups excluding carboxylic acids is 2. The first-order valence-corrected chi connectivity index (χ1v) is 16.0. The molecule has 2 unspecified atom stereocenters. The van der Waals surface area contributed by atoms with Gasteiger partial charge in [0.2, 0.25) is 0 Å². The lowest BCUT2D eigenvalue weighted by Crippen LogP contribution is -2.41. The number of nitrogens with two attached hydrogens (primary N) is 1. The Balaban J connectivity index is 1.15. The molecule has 3 aromatic carbocycles. The van der Waals surface area contributed by atoms with E-state index in [2.05, 4.69) is 50.8 Å². The maximum absolute atomic E-state index is 13.7. The SMILES string of the molecule is COc1cc(C(=O)N2CC3CCC2[C@@H]3N)cc2nc(-c3cc4ccc(-c5ccc6c(c5)C(=O)NC6)cc4n3CC3CC3)n(C)c12. The Bertz CT molecular complexity index is 2070. The summed E-state index contributed by atoms with van der Waals surface area (Å²) in [4.78, 5) is 33.2. The molecular formula is C36H36N6O3. The van der Waals surface area contributed by atoms with Crippen LogP contribution in [0.5, 0.6) is 5.75 Å². The number of piperidine rings is 1. The van der Waals surface area contributed by atoms with Crippen LogP contribution in [0.1, 0.15) is 52.0 Å². The number of nitrogens with one attached hydrogen (secondary N) is 1. The van der Waals surface area contributed by atoms with Crippen molar-refractivity contribution in [1.82, 2.24) is 24.3 Å². The van der Waals surface area contributed by atoms with E-state index in [1.165, 1.54) is 12.8 Å². The molecule has 2 aliphatic heterocycles. The molecule has 2 aromatic heterocycles. The van der Waals surface area contributed by atoms with Crippen molar-refractivity contribution in [2.45, 2.75) is 50.9 Å². The molecule has 3 N–H and O–H groups in total. The number of nitrogens with zero attached hydrogens (tertiary/aromatic N) is 4. The molecule has 9 heteroatoms. The summed E-state index contributed by atoms with van der Waals surface area (Å²) in [6.45, 7) is 2.23. The summed E-state index contributed by atoms with van der Waals surface area (Å²) in [5.74, 6) is 2.50. The van der Waals surface area contributed by atoms with Gasteiger partial charge in [0.1, 0.15) is 11.3 Å². The number of methoxy groups -OCH3 is 1. The average Bonchev–Trinajstić information content (AvgIpc) is 3.26. The number of amides is 2. The lowest BCUT2D eigenvalue weighted by Gasteiger charge is -2.27. The maximum atomic E-state index is 13.7. The third-order valence-electron chi connectivity index (χ3n) is 10.7. The van der Waals surface area contributed by atoms with Gasteiger partial charge < -0.3 is 29.8 Å². The molecule has 45 heavy (non-hydrogen) atoms. The monoisotopic (exact) mass is 600 g/mol. The highest BCUT2D eigenvalue weighted by Gasteiger charge is 2.47. The minimum atomic E-state index is -0.00862. The molecule has 2 bridgehead atoms. The highest BCUT2D eigenvalue weighted by atomic mass is 16.5. The largest absolute Gasteiger partial charge is 0.494 e. The van der Waals surface area contributed by atoms with Gasteiger partial charge in [0.15, 0.2) is 5.82 Å². The molecule has 2 aliphatic carbocycles. The van der Waals surface area contributed by atoms with E-state index in [1.807, 2.05) is 30.1 Å². The van der Waals surface area contributed by atoms with E-state index in [0.717, 1.165) is 81.6 Å². The van der Waals surface area contributed by atoms with Crippen molar-refractivity contribution in [3.63, 3.8) is 0 Å². The highest BCUT2D eigenvalue weighted by Crippen LogP contribution is 2.41. The Morgan fingerprint density at radius 2 is 1.87 bits per heavy atom. The van der Waals surface area contributed by atoms with Crippen molar-refractivity contribution in [3.8, 4) is 28.4 Å². The number of imidazole rings is 1. The van der Waals surface area contributed by atoms with Crippen molar-refractivity contribution in [3.05, 3.63) is 71.3 Å². The van der Waals surface area contributed by atoms with Gasteiger partial charge in [-0.3, -0.25) is 9.59 Å². The quantitative estimate of drug-likeness (QED) is 0.283. The second kappa shape index (κ2) is 9.68. The van der Waals surface area contributed by atoms with E-state index in [9.17, 15) is 9.59 Å². The van der Waals surface area contributed by atoms with Crippen LogP contribution in [0.25, 0.3) is 44.6 Å². The van der Waals surface area contributed by atoms with Crippen molar-refractivity contribution in [2.75, 3.05) is 13.7 Å². The number of likely N-dealkylation sites (tertiary alicyclic amines) is 1. The maximum Gasteiger partial charge on any atom is 0.254 e. The molecule has 9 nitrogen and oxygen atoms in total. The fraction of sp³-hybridized carbons (Fsp3) is 0.361. The predicted molar refractivity (Wildman–Crippen MR) is 173 cm³/mol. The molecule has 228 valence electrons. The van der Waals surface area contributed by atoms with Crippen LogP contribution in [0.4, 0.5) is 0 Å². The third-order valence-corrected chi connectivity index (χ3v) is 10.7. The Labute approximate surface area is 261 Å². The van der Waals surface area contributed by atoms with Gasteiger partial charge in [-0.15, -0.1) is 0 Å². The number of aromatic nitrogens is 3. The summed E-state index contributed by atoms with van der Waals surface area (Å²) in [6.07, 6.45) is 4.52. The van der Waals surface area contributed by atoms with Crippen LogP contribution in [-0.2, 0) is 20.1 Å². The second-order valence-electron chi connectivity index (χ2n) is 13.4. The average molecular weight is 601 g/mol. The number of rotatable bonds is 6. The van der Waals surface area contributed by atoms with E-state index in [-0.39, 0.29) is 23.9 Å². The Morgan fingerprint density at radius 3 is 2.62 bits per heavy atom. The first kappa shape index (κ1) is 26.7. The number of fused-ring (bicyclic) bond motifs is 5. The van der Waals surface area contributed by atoms with E-state index >= 15 is 0 Å². The highest BCUT2D eigenvalue weighted by molar-refractivity contribution is 6.01. The molecule has 3 atom stereocenters. The van der Waals surface area contributed by atoms with Crippen LogP contribution in [0.3, 0.4) is 0 Å². The van der Waals surface area contributed by atoms with E-state index in [4.69, 9.17) is 15.5 Å². The van der Waals surface area contributed by atoms with Crippen LogP contribution in [0.15, 0.2) is 54.6 Å². The molecular weight excluding hydrogens is 564 g/mol. The first-order valence-electron chi connectivity index (χ1n) is 16.0. The zero-order valence-electron chi connectivity index (χ0n) is 25.5. The molecule has 2 saturated carbocycles. The molecule has 4 heterocycles. The van der Waals surface area contributed by atoms with E-state index < -0.39 is 0 Å². The van der Waals surface area contributed by atoms with Gasteiger partial charge in [-0.25, -0.2) is 4.98 Å². The number of aryl methyl sites for hydroxylation is 1. The molecule has 3 fully saturated rings. The standard InChI is InChI=1S/C36H36N6O3/c1-40-33-27(12-25(15-31(33)45-2)36(44)42-18-24-9-10-28(42)32(24)37)39-34(40)30-14-22-7-5-21(13-29(22)41(30)17-19-3-4-19)20-6-8-23-16-38-35(43)26(23)11-20/h5-8,11-15,19,24,28,32H,3-4,9-10,16-18,37H2,1-2H3,(H,38,43)/t24?,28?,32-/m1/s1. The summed E-state index contributed by atoms with van der Waals surface area (Å²) >= 11 is 0. The van der Waals surface area contributed by atoms with Gasteiger partial charge in [-0.1, -0.05) is 24.3 Å². The minimum Gasteiger partial charge on any atom is -0.494 e. The van der Waals surface area contributed by atoms with Gasteiger partial charge >= 0.3 is 0 Å². The summed E-state index contributed by atoms with van der Waals surface area (Å²) < 4.78 is 10.4. The van der Waals surface area contributed by atoms with Crippen molar-refractivity contribution >= 4 is 33.8 Å². The minimum absolute atomic E-state index is 0.00413. The number of carbonyl (C=O) groups is 2. The zero-order valence-corrected chi connectivity index (χ0v) is 25.5. The molecule has 5 aromatic rings. The number of ether oxygens (including phenoxy) is 1. The molecule has 0 radical (unpaired) electrons. The number of hydrogen-bond acceptors (Lipinski definition) is 5. The lowest BCUT2D eigenvalue weighted by atomic mass is 9.99. The van der Waals surface area contributed by atoms with Gasteiger partial charge in [0, 0.05) is 60.8 Å². The molecule has 4 aliphatic rings. The summed E-state index contributed by atoms with van der Waals surface area (Å²) in [5.41, 5.74) is 14.7. The summed E-state index contributed by atoms with van der Waals surface area (Å²) in [6, 6.07) is 18.9. The fourth-order valence-corrected chi connectivity index (χ4v) is 8.03.